The van der Waals surface area contributed by atoms with E-state index in [1.54, 1.807) is 0 Å². The quantitative estimate of drug-likeness (QED) is 0.840. The lowest BCUT2D eigenvalue weighted by molar-refractivity contribution is -0.142. The molecule has 1 aliphatic carbocycles. The Hall–Kier alpha value is -0.570. The first-order chi connectivity index (χ1) is 8.50. The van der Waals surface area contributed by atoms with Gasteiger partial charge in [0.25, 0.3) is 0 Å². The van der Waals surface area contributed by atoms with Crippen molar-refractivity contribution in [3.05, 3.63) is 0 Å². The predicted molar refractivity (Wildman–Crippen MR) is 72.5 cm³/mol. The van der Waals surface area contributed by atoms with Gasteiger partial charge < -0.3 is 5.11 Å². The maximum atomic E-state index is 11.2. The Morgan fingerprint density at radius 1 is 1.17 bits per heavy atom. The number of hydrogen-bond donors (Lipinski definition) is 1. The minimum absolute atomic E-state index is 0.146. The van der Waals surface area contributed by atoms with Crippen molar-refractivity contribution in [3.8, 4) is 0 Å². The van der Waals surface area contributed by atoms with Crippen LogP contribution in [0.1, 0.15) is 52.9 Å². The summed E-state index contributed by atoms with van der Waals surface area (Å²) in [5.74, 6) is 0.928. The van der Waals surface area contributed by atoms with Gasteiger partial charge in [0.05, 0.1) is 5.92 Å². The van der Waals surface area contributed by atoms with Crippen LogP contribution in [0.5, 0.6) is 0 Å². The van der Waals surface area contributed by atoms with Gasteiger partial charge in [0.1, 0.15) is 0 Å². The van der Waals surface area contributed by atoms with Crippen LogP contribution in [0.3, 0.4) is 0 Å². The van der Waals surface area contributed by atoms with E-state index in [0.29, 0.717) is 6.04 Å². The summed E-state index contributed by atoms with van der Waals surface area (Å²) in [7, 11) is 0. The first kappa shape index (κ1) is 13.9. The Bertz CT molecular complexity index is 295. The number of likely N-dealkylation sites (tertiary alicyclic amines) is 1. The molecule has 3 nitrogen and oxygen atoms in total. The van der Waals surface area contributed by atoms with E-state index in [0.717, 1.165) is 24.8 Å². The molecule has 104 valence electrons. The summed E-state index contributed by atoms with van der Waals surface area (Å²) in [6, 6.07) is 0.863. The molecule has 0 aromatic rings. The topological polar surface area (TPSA) is 40.5 Å². The van der Waals surface area contributed by atoms with Gasteiger partial charge in [0.2, 0.25) is 0 Å². The lowest BCUT2D eigenvalue weighted by Gasteiger charge is -2.38. The van der Waals surface area contributed by atoms with Gasteiger partial charge in [-0.2, -0.15) is 0 Å². The van der Waals surface area contributed by atoms with E-state index in [1.807, 2.05) is 0 Å². The van der Waals surface area contributed by atoms with Crippen molar-refractivity contribution in [2.45, 2.75) is 65.0 Å². The third-order valence-electron chi connectivity index (χ3n) is 5.27. The zero-order valence-electron chi connectivity index (χ0n) is 11.9. The van der Waals surface area contributed by atoms with Gasteiger partial charge in [-0.3, -0.25) is 9.69 Å². The van der Waals surface area contributed by atoms with E-state index < -0.39 is 5.97 Å². The second-order valence-electron chi connectivity index (χ2n) is 6.52. The van der Waals surface area contributed by atoms with Crippen LogP contribution in [0, 0.1) is 17.8 Å². The summed E-state index contributed by atoms with van der Waals surface area (Å²) in [6.07, 6.45) is 6.01. The largest absolute Gasteiger partial charge is 0.481 e. The lowest BCUT2D eigenvalue weighted by Crippen LogP contribution is -2.42. The molecular weight excluding hydrogens is 226 g/mol. The Morgan fingerprint density at radius 3 is 2.22 bits per heavy atom. The van der Waals surface area contributed by atoms with Gasteiger partial charge in [-0.05, 0) is 57.4 Å². The number of carboxylic acids is 1. The molecule has 1 aliphatic heterocycles. The summed E-state index contributed by atoms with van der Waals surface area (Å²) in [4.78, 5) is 13.6. The minimum Gasteiger partial charge on any atom is -0.481 e. The fourth-order valence-corrected chi connectivity index (χ4v) is 3.91. The summed E-state index contributed by atoms with van der Waals surface area (Å²) in [5.41, 5.74) is 0. The summed E-state index contributed by atoms with van der Waals surface area (Å²) < 4.78 is 0. The van der Waals surface area contributed by atoms with Crippen LogP contribution in [-0.4, -0.2) is 34.6 Å². The van der Waals surface area contributed by atoms with Crippen LogP contribution in [0.4, 0.5) is 0 Å². The molecule has 2 rings (SSSR count). The lowest BCUT2D eigenvalue weighted by atomic mass is 9.79. The molecule has 0 amide bonds. The van der Waals surface area contributed by atoms with Crippen LogP contribution >= 0.6 is 0 Å². The molecule has 1 saturated heterocycles. The average Bonchev–Trinajstić information content (AvgIpc) is 2.71. The molecule has 18 heavy (non-hydrogen) atoms. The van der Waals surface area contributed by atoms with Crippen molar-refractivity contribution in [1.82, 2.24) is 4.90 Å². The van der Waals surface area contributed by atoms with Gasteiger partial charge in [-0.1, -0.05) is 13.8 Å². The van der Waals surface area contributed by atoms with Crippen molar-refractivity contribution >= 4 is 5.97 Å². The fourth-order valence-electron chi connectivity index (χ4n) is 3.91. The highest BCUT2D eigenvalue weighted by atomic mass is 16.4. The van der Waals surface area contributed by atoms with Crippen LogP contribution in [0.2, 0.25) is 0 Å². The molecule has 1 saturated carbocycles. The monoisotopic (exact) mass is 253 g/mol. The second kappa shape index (κ2) is 5.60. The summed E-state index contributed by atoms with van der Waals surface area (Å²) in [6.45, 7) is 7.73. The fraction of sp³-hybridized carbons (Fsp3) is 0.933. The maximum Gasteiger partial charge on any atom is 0.308 e. The van der Waals surface area contributed by atoms with Crippen LogP contribution in [0.25, 0.3) is 0 Å². The van der Waals surface area contributed by atoms with Crippen molar-refractivity contribution < 1.29 is 9.90 Å². The van der Waals surface area contributed by atoms with Gasteiger partial charge in [-0.15, -0.1) is 0 Å². The molecule has 0 radical (unpaired) electrons. The second-order valence-corrected chi connectivity index (χ2v) is 6.52. The van der Waals surface area contributed by atoms with Crippen molar-refractivity contribution in [2.24, 2.45) is 17.8 Å². The molecule has 2 fully saturated rings. The standard InChI is InChI=1S/C15H27NO2/c1-10(2)12-4-6-13(7-5-12)16-9-8-14(11(16)3)15(17)18/h10-14H,4-9H2,1-3H3,(H,17,18). The first-order valence-corrected chi connectivity index (χ1v) is 7.49. The average molecular weight is 253 g/mol. The van der Waals surface area contributed by atoms with Crippen molar-refractivity contribution in [2.75, 3.05) is 6.54 Å². The zero-order chi connectivity index (χ0) is 13.3. The Labute approximate surface area is 111 Å². The first-order valence-electron chi connectivity index (χ1n) is 7.49. The molecule has 0 bridgehead atoms. The van der Waals surface area contributed by atoms with Gasteiger partial charge in [-0.25, -0.2) is 0 Å². The highest BCUT2D eigenvalue weighted by molar-refractivity contribution is 5.71. The van der Waals surface area contributed by atoms with Crippen LogP contribution in [-0.2, 0) is 4.79 Å². The number of rotatable bonds is 3. The molecule has 3 heteroatoms. The molecule has 1 N–H and O–H groups in total. The Balaban J connectivity index is 1.89. The number of carbonyl (C=O) groups is 1. The van der Waals surface area contributed by atoms with Crippen LogP contribution < -0.4 is 0 Å². The predicted octanol–water partition coefficient (Wildman–Crippen LogP) is 3.00. The third kappa shape index (κ3) is 2.71. The Morgan fingerprint density at radius 2 is 1.78 bits per heavy atom. The highest BCUT2D eigenvalue weighted by Crippen LogP contribution is 2.36. The molecule has 0 aromatic heterocycles. The highest BCUT2D eigenvalue weighted by Gasteiger charge is 2.39. The Kier molecular flexibility index (Phi) is 4.31. The van der Waals surface area contributed by atoms with Crippen molar-refractivity contribution in [1.29, 1.82) is 0 Å². The SMILES string of the molecule is CC(C)C1CCC(N2CCC(C(=O)O)C2C)CC1. The number of carboxylic acid groups (broad SMARTS) is 1. The summed E-state index contributed by atoms with van der Waals surface area (Å²) in [5, 5.41) is 9.19. The minimum atomic E-state index is -0.610. The van der Waals surface area contributed by atoms with E-state index in [9.17, 15) is 9.90 Å². The van der Waals surface area contributed by atoms with E-state index >= 15 is 0 Å². The summed E-state index contributed by atoms with van der Waals surface area (Å²) >= 11 is 0. The van der Waals surface area contributed by atoms with E-state index in [1.165, 1.54) is 25.7 Å². The van der Waals surface area contributed by atoms with E-state index in [-0.39, 0.29) is 12.0 Å². The van der Waals surface area contributed by atoms with Gasteiger partial charge >= 0.3 is 5.97 Å². The molecule has 2 unspecified atom stereocenters. The molecule has 2 aliphatic rings. The normalized spacial score (nSPS) is 38.2. The van der Waals surface area contributed by atoms with Crippen molar-refractivity contribution in [3.63, 3.8) is 0 Å². The van der Waals surface area contributed by atoms with Gasteiger partial charge in [0, 0.05) is 12.1 Å². The molecule has 2 atom stereocenters. The molecule has 1 heterocycles. The third-order valence-corrected chi connectivity index (χ3v) is 5.27. The zero-order valence-corrected chi connectivity index (χ0v) is 11.9. The smallest absolute Gasteiger partial charge is 0.308 e. The molecule has 0 spiro atoms. The van der Waals surface area contributed by atoms with E-state index in [4.69, 9.17) is 0 Å². The number of hydrogen-bond acceptors (Lipinski definition) is 2. The maximum absolute atomic E-state index is 11.2. The number of aliphatic carboxylic acids is 1. The van der Waals surface area contributed by atoms with E-state index in [2.05, 4.69) is 25.7 Å². The van der Waals surface area contributed by atoms with Crippen LogP contribution in [0.15, 0.2) is 0 Å². The molecular formula is C15H27NO2. The number of nitrogens with zero attached hydrogens (tertiary/aromatic N) is 1. The van der Waals surface area contributed by atoms with Gasteiger partial charge in [0.15, 0.2) is 0 Å². The molecule has 0 aromatic carbocycles.